The maximum absolute atomic E-state index is 12.0. The number of nitrogens with zero attached hydrogens (tertiary/aromatic N) is 1. The average Bonchev–Trinajstić information content (AvgIpc) is 2.77. The maximum Gasteiger partial charge on any atom is 0.223 e. The molecule has 5 nitrogen and oxygen atoms in total. The first-order chi connectivity index (χ1) is 10.7. The minimum absolute atomic E-state index is 0. The van der Waals surface area contributed by atoms with Crippen molar-refractivity contribution in [2.45, 2.75) is 17.7 Å². The molecule has 1 aromatic carbocycles. The Hall–Kier alpha value is -1.11. The molecule has 0 saturated heterocycles. The molecule has 1 aliphatic rings. The lowest BCUT2D eigenvalue weighted by Crippen LogP contribution is -2.32. The first-order valence-corrected chi connectivity index (χ1v) is 8.60. The average molecular weight is 361 g/mol. The summed E-state index contributed by atoms with van der Waals surface area (Å²) >= 11 is 1.67. The number of carbonyl (C=O) groups is 1. The van der Waals surface area contributed by atoms with Crippen LogP contribution in [0, 0.1) is 0 Å². The zero-order valence-electron chi connectivity index (χ0n) is 13.7. The summed E-state index contributed by atoms with van der Waals surface area (Å²) < 4.78 is 11.3. The lowest BCUT2D eigenvalue weighted by Gasteiger charge is -2.16. The number of halogens is 1. The summed E-state index contributed by atoms with van der Waals surface area (Å²) in [6.07, 6.45) is 1.45. The van der Waals surface area contributed by atoms with E-state index in [0.29, 0.717) is 19.6 Å². The van der Waals surface area contributed by atoms with Crippen molar-refractivity contribution in [1.82, 2.24) is 10.2 Å². The van der Waals surface area contributed by atoms with E-state index >= 15 is 0 Å². The Morgan fingerprint density at radius 2 is 2.04 bits per heavy atom. The van der Waals surface area contributed by atoms with Gasteiger partial charge in [0.2, 0.25) is 5.91 Å². The van der Waals surface area contributed by atoms with Gasteiger partial charge in [-0.05, 0) is 25.2 Å². The molecule has 1 amide bonds. The smallest absolute Gasteiger partial charge is 0.223 e. The molecule has 0 aliphatic carbocycles. The molecule has 0 spiro atoms. The molecule has 0 atom stereocenters. The molecule has 7 heteroatoms. The Kier molecular flexibility index (Phi) is 9.21. The van der Waals surface area contributed by atoms with Gasteiger partial charge in [0.1, 0.15) is 0 Å². The molecule has 0 radical (unpaired) electrons. The van der Waals surface area contributed by atoms with Crippen molar-refractivity contribution in [2.75, 3.05) is 46.2 Å². The van der Waals surface area contributed by atoms with Crippen LogP contribution in [0.15, 0.2) is 23.1 Å². The van der Waals surface area contributed by atoms with Crippen LogP contribution in [-0.4, -0.2) is 57.0 Å². The summed E-state index contributed by atoms with van der Waals surface area (Å²) in [5, 5.41) is 3.04. The highest BCUT2D eigenvalue weighted by atomic mass is 35.5. The summed E-state index contributed by atoms with van der Waals surface area (Å²) in [6.45, 7) is 2.95. The van der Waals surface area contributed by atoms with Gasteiger partial charge in [0.05, 0.1) is 13.2 Å². The van der Waals surface area contributed by atoms with Gasteiger partial charge in [-0.2, -0.15) is 0 Å². The van der Waals surface area contributed by atoms with Crippen LogP contribution in [0.4, 0.5) is 0 Å². The van der Waals surface area contributed by atoms with Crippen LogP contribution in [0.3, 0.4) is 0 Å². The maximum atomic E-state index is 12.0. The van der Waals surface area contributed by atoms with Crippen LogP contribution < -0.4 is 14.8 Å². The molecule has 0 aromatic heterocycles. The first kappa shape index (κ1) is 19.9. The third kappa shape index (κ3) is 6.49. The van der Waals surface area contributed by atoms with Gasteiger partial charge in [-0.15, -0.1) is 24.2 Å². The summed E-state index contributed by atoms with van der Waals surface area (Å²) in [7, 11) is 3.73. The van der Waals surface area contributed by atoms with Crippen LogP contribution in [0.5, 0.6) is 11.5 Å². The van der Waals surface area contributed by atoms with Gasteiger partial charge in [-0.25, -0.2) is 0 Å². The van der Waals surface area contributed by atoms with Gasteiger partial charge < -0.3 is 19.7 Å². The number of carbonyl (C=O) groups excluding carboxylic acids is 1. The van der Waals surface area contributed by atoms with Crippen LogP contribution in [0.2, 0.25) is 0 Å². The van der Waals surface area contributed by atoms with E-state index in [1.807, 2.05) is 32.3 Å². The SMILES string of the molecule is CNCCN(C)C(=O)CCSc1ccc2c(c1)OCCCO2.Cl. The lowest BCUT2D eigenvalue weighted by molar-refractivity contribution is -0.129. The van der Waals surface area contributed by atoms with Crippen LogP contribution >= 0.6 is 24.2 Å². The Labute approximate surface area is 148 Å². The van der Waals surface area contributed by atoms with E-state index in [9.17, 15) is 4.79 Å². The van der Waals surface area contributed by atoms with Gasteiger partial charge in [0.25, 0.3) is 0 Å². The molecule has 1 N–H and O–H groups in total. The summed E-state index contributed by atoms with van der Waals surface area (Å²) in [4.78, 5) is 14.8. The highest BCUT2D eigenvalue weighted by molar-refractivity contribution is 7.99. The fourth-order valence-electron chi connectivity index (χ4n) is 2.08. The van der Waals surface area contributed by atoms with Gasteiger partial charge in [0.15, 0.2) is 11.5 Å². The molecule has 1 heterocycles. The van der Waals surface area contributed by atoms with E-state index in [1.54, 1.807) is 16.7 Å². The number of fused-ring (bicyclic) bond motifs is 1. The minimum Gasteiger partial charge on any atom is -0.490 e. The number of thioether (sulfide) groups is 1. The van der Waals surface area contributed by atoms with Gasteiger partial charge in [0, 0.05) is 43.6 Å². The monoisotopic (exact) mass is 360 g/mol. The number of ether oxygens (including phenoxy) is 2. The quantitative estimate of drug-likeness (QED) is 0.757. The second kappa shape index (κ2) is 10.6. The van der Waals surface area contributed by atoms with Crippen molar-refractivity contribution < 1.29 is 14.3 Å². The number of rotatable bonds is 7. The van der Waals surface area contributed by atoms with Crippen molar-refractivity contribution in [3.8, 4) is 11.5 Å². The van der Waals surface area contributed by atoms with E-state index in [2.05, 4.69) is 5.32 Å². The Morgan fingerprint density at radius 3 is 2.78 bits per heavy atom. The van der Waals surface area contributed by atoms with E-state index < -0.39 is 0 Å². The molecule has 0 saturated carbocycles. The summed E-state index contributed by atoms with van der Waals surface area (Å²) in [5.41, 5.74) is 0. The largest absolute Gasteiger partial charge is 0.490 e. The van der Waals surface area contributed by atoms with Crippen LogP contribution in [0.1, 0.15) is 12.8 Å². The van der Waals surface area contributed by atoms with Gasteiger partial charge >= 0.3 is 0 Å². The second-order valence-corrected chi connectivity index (χ2v) is 6.34. The van der Waals surface area contributed by atoms with E-state index in [1.165, 1.54) is 0 Å². The van der Waals surface area contributed by atoms with Crippen molar-refractivity contribution in [3.63, 3.8) is 0 Å². The standard InChI is InChI=1S/C16H24N2O3S.ClH/c1-17-7-8-18(2)16(19)6-11-22-13-4-5-14-15(12-13)21-10-3-9-20-14;/h4-5,12,17H,3,6-11H2,1-2H3;1H. The third-order valence-corrected chi connectivity index (χ3v) is 4.42. The zero-order chi connectivity index (χ0) is 15.8. The van der Waals surface area contributed by atoms with Crippen molar-refractivity contribution >= 4 is 30.1 Å². The van der Waals surface area contributed by atoms with E-state index in [0.717, 1.165) is 41.7 Å². The molecule has 2 rings (SSSR count). The van der Waals surface area contributed by atoms with E-state index in [4.69, 9.17) is 9.47 Å². The summed E-state index contributed by atoms with van der Waals surface area (Å²) in [6, 6.07) is 5.97. The Bertz CT molecular complexity index is 502. The first-order valence-electron chi connectivity index (χ1n) is 7.61. The van der Waals surface area contributed by atoms with Crippen LogP contribution in [-0.2, 0) is 4.79 Å². The summed E-state index contributed by atoms with van der Waals surface area (Å²) in [5.74, 6) is 2.56. The van der Waals surface area contributed by atoms with Crippen molar-refractivity contribution in [2.24, 2.45) is 0 Å². The van der Waals surface area contributed by atoms with Crippen molar-refractivity contribution in [3.05, 3.63) is 18.2 Å². The molecule has 0 bridgehead atoms. The fraction of sp³-hybridized carbons (Fsp3) is 0.562. The predicted octanol–water partition coefficient (Wildman–Crippen LogP) is 2.43. The molecule has 23 heavy (non-hydrogen) atoms. The number of amides is 1. The predicted molar refractivity (Wildman–Crippen MR) is 96.2 cm³/mol. The molecular formula is C16H25ClN2O3S. The van der Waals surface area contributed by atoms with Crippen LogP contribution in [0.25, 0.3) is 0 Å². The zero-order valence-corrected chi connectivity index (χ0v) is 15.3. The van der Waals surface area contributed by atoms with E-state index in [-0.39, 0.29) is 18.3 Å². The van der Waals surface area contributed by atoms with Crippen molar-refractivity contribution in [1.29, 1.82) is 0 Å². The van der Waals surface area contributed by atoms with Gasteiger partial charge in [-0.1, -0.05) is 0 Å². The Balaban J connectivity index is 0.00000264. The fourth-order valence-corrected chi connectivity index (χ4v) is 2.95. The van der Waals surface area contributed by atoms with Gasteiger partial charge in [-0.3, -0.25) is 4.79 Å². The number of hydrogen-bond donors (Lipinski definition) is 1. The molecule has 1 aliphatic heterocycles. The molecular weight excluding hydrogens is 336 g/mol. The Morgan fingerprint density at radius 1 is 1.30 bits per heavy atom. The second-order valence-electron chi connectivity index (χ2n) is 5.18. The molecule has 1 aromatic rings. The minimum atomic E-state index is 0. The lowest BCUT2D eigenvalue weighted by atomic mass is 10.3. The number of benzene rings is 1. The normalized spacial score (nSPS) is 13.0. The number of likely N-dealkylation sites (N-methyl/N-ethyl adjacent to an activating group) is 2. The highest BCUT2D eigenvalue weighted by Gasteiger charge is 2.12. The third-order valence-electron chi connectivity index (χ3n) is 3.43. The highest BCUT2D eigenvalue weighted by Crippen LogP contribution is 2.34. The number of nitrogens with one attached hydrogen (secondary N) is 1. The molecule has 130 valence electrons. The number of hydrogen-bond acceptors (Lipinski definition) is 5. The molecule has 0 fully saturated rings. The molecule has 0 unspecified atom stereocenters. The topological polar surface area (TPSA) is 50.8 Å².